The third kappa shape index (κ3) is 8.29. The zero-order chi connectivity index (χ0) is 13.3. The largest absolute Gasteiger partial charge is 0.444 e. The van der Waals surface area contributed by atoms with E-state index in [0.717, 1.165) is 0 Å². The number of allylic oxidation sites excluding steroid dienone is 1. The first-order valence-electron chi connectivity index (χ1n) is 5.42. The quantitative estimate of drug-likeness (QED) is 0.689. The average molecular weight is 240 g/mol. The van der Waals surface area contributed by atoms with Gasteiger partial charge in [0.05, 0.1) is 12.7 Å². The molecule has 0 aliphatic heterocycles. The minimum Gasteiger partial charge on any atom is -0.444 e. The van der Waals surface area contributed by atoms with Crippen molar-refractivity contribution in [1.82, 2.24) is 4.90 Å². The Kier molecular flexibility index (Phi) is 6.99. The summed E-state index contributed by atoms with van der Waals surface area (Å²) in [7, 11) is 1.57. The van der Waals surface area contributed by atoms with Crippen molar-refractivity contribution < 1.29 is 14.3 Å². The number of nitrogens with zero attached hydrogens (tertiary/aromatic N) is 2. The van der Waals surface area contributed by atoms with Gasteiger partial charge in [-0.3, -0.25) is 0 Å². The Hall–Kier alpha value is -1.54. The molecule has 0 N–H and O–H groups in total. The smallest absolute Gasteiger partial charge is 0.410 e. The monoisotopic (exact) mass is 240 g/mol. The van der Waals surface area contributed by atoms with Crippen molar-refractivity contribution >= 4 is 6.09 Å². The SMILES string of the molecule is COCCN(C/C=C/C#N)C(=O)OC(C)(C)C. The van der Waals surface area contributed by atoms with E-state index >= 15 is 0 Å². The summed E-state index contributed by atoms with van der Waals surface area (Å²) in [5, 5.41) is 8.38. The van der Waals surface area contributed by atoms with Crippen molar-refractivity contribution in [2.24, 2.45) is 0 Å². The van der Waals surface area contributed by atoms with Crippen LogP contribution in [0.4, 0.5) is 4.79 Å². The molecule has 0 aromatic heterocycles. The van der Waals surface area contributed by atoms with Gasteiger partial charge >= 0.3 is 6.09 Å². The lowest BCUT2D eigenvalue weighted by atomic mass is 10.2. The maximum atomic E-state index is 11.8. The van der Waals surface area contributed by atoms with E-state index in [1.54, 1.807) is 13.2 Å². The predicted octanol–water partition coefficient (Wildman–Crippen LogP) is 1.95. The van der Waals surface area contributed by atoms with Gasteiger partial charge in [-0.1, -0.05) is 6.08 Å². The third-order valence-electron chi connectivity index (χ3n) is 1.74. The van der Waals surface area contributed by atoms with Gasteiger partial charge in [-0.05, 0) is 20.8 Å². The van der Waals surface area contributed by atoms with Crippen molar-refractivity contribution in [2.45, 2.75) is 26.4 Å². The molecule has 0 aliphatic rings. The molecule has 96 valence electrons. The molecule has 0 bridgehead atoms. The highest BCUT2D eigenvalue weighted by Gasteiger charge is 2.20. The topological polar surface area (TPSA) is 62.6 Å². The molecule has 17 heavy (non-hydrogen) atoms. The van der Waals surface area contributed by atoms with E-state index in [1.807, 2.05) is 26.8 Å². The van der Waals surface area contributed by atoms with Gasteiger partial charge in [-0.2, -0.15) is 5.26 Å². The highest BCUT2D eigenvalue weighted by atomic mass is 16.6. The summed E-state index contributed by atoms with van der Waals surface area (Å²) in [6.45, 7) is 6.63. The number of methoxy groups -OCH3 is 1. The Morgan fingerprint density at radius 2 is 2.12 bits per heavy atom. The summed E-state index contributed by atoms with van der Waals surface area (Å²) in [6.07, 6.45) is 2.54. The molecule has 0 fully saturated rings. The molecule has 0 atom stereocenters. The summed E-state index contributed by atoms with van der Waals surface area (Å²) < 4.78 is 10.2. The lowest BCUT2D eigenvalue weighted by Gasteiger charge is -2.26. The van der Waals surface area contributed by atoms with Crippen molar-refractivity contribution in [2.75, 3.05) is 26.8 Å². The van der Waals surface area contributed by atoms with E-state index in [4.69, 9.17) is 14.7 Å². The highest BCUT2D eigenvalue weighted by Crippen LogP contribution is 2.09. The van der Waals surface area contributed by atoms with Crippen molar-refractivity contribution in [3.8, 4) is 6.07 Å². The maximum Gasteiger partial charge on any atom is 0.410 e. The number of rotatable bonds is 5. The fraction of sp³-hybridized carbons (Fsp3) is 0.667. The van der Waals surface area contributed by atoms with Crippen LogP contribution in [0.2, 0.25) is 0 Å². The first kappa shape index (κ1) is 15.5. The molecule has 0 rings (SSSR count). The average Bonchev–Trinajstić information content (AvgIpc) is 2.20. The minimum absolute atomic E-state index is 0.339. The number of hydrogen-bond donors (Lipinski definition) is 0. The Balaban J connectivity index is 4.40. The zero-order valence-corrected chi connectivity index (χ0v) is 10.9. The first-order chi connectivity index (χ1) is 7.90. The number of carbonyl (C=O) groups is 1. The van der Waals surface area contributed by atoms with Crippen LogP contribution in [0, 0.1) is 11.3 Å². The number of nitriles is 1. The van der Waals surface area contributed by atoms with Crippen LogP contribution in [-0.4, -0.2) is 43.4 Å². The lowest BCUT2D eigenvalue weighted by molar-refractivity contribution is 0.0226. The molecule has 0 aliphatic carbocycles. The number of hydrogen-bond acceptors (Lipinski definition) is 4. The summed E-state index contributed by atoms with van der Waals surface area (Å²) >= 11 is 0. The molecule has 0 heterocycles. The van der Waals surface area contributed by atoms with Gasteiger partial charge in [0, 0.05) is 26.3 Å². The molecular weight excluding hydrogens is 220 g/mol. The summed E-state index contributed by atoms with van der Waals surface area (Å²) in [6, 6.07) is 1.88. The van der Waals surface area contributed by atoms with Gasteiger partial charge in [0.2, 0.25) is 0 Å². The maximum absolute atomic E-state index is 11.8. The van der Waals surface area contributed by atoms with Crippen LogP contribution in [0.5, 0.6) is 0 Å². The Labute approximate surface area is 103 Å². The number of carbonyl (C=O) groups excluding carboxylic acids is 1. The van der Waals surface area contributed by atoms with Crippen molar-refractivity contribution in [3.05, 3.63) is 12.2 Å². The summed E-state index contributed by atoms with van der Waals surface area (Å²) in [4.78, 5) is 13.3. The lowest BCUT2D eigenvalue weighted by Crippen LogP contribution is -2.38. The van der Waals surface area contributed by atoms with Gasteiger partial charge < -0.3 is 14.4 Å². The van der Waals surface area contributed by atoms with E-state index in [2.05, 4.69) is 0 Å². The first-order valence-corrected chi connectivity index (χ1v) is 5.42. The molecule has 0 unspecified atom stereocenters. The third-order valence-corrected chi connectivity index (χ3v) is 1.74. The predicted molar refractivity (Wildman–Crippen MR) is 64.4 cm³/mol. The van der Waals surface area contributed by atoms with E-state index in [0.29, 0.717) is 19.7 Å². The van der Waals surface area contributed by atoms with E-state index < -0.39 is 11.7 Å². The van der Waals surface area contributed by atoms with E-state index in [-0.39, 0.29) is 0 Å². The fourth-order valence-electron chi connectivity index (χ4n) is 1.02. The second-order valence-electron chi connectivity index (χ2n) is 4.45. The van der Waals surface area contributed by atoms with E-state index in [1.165, 1.54) is 11.0 Å². The van der Waals surface area contributed by atoms with Crippen LogP contribution in [0.1, 0.15) is 20.8 Å². The molecule has 0 saturated heterocycles. The fourth-order valence-corrected chi connectivity index (χ4v) is 1.02. The molecular formula is C12H20N2O3. The van der Waals surface area contributed by atoms with Gasteiger partial charge in [0.25, 0.3) is 0 Å². The van der Waals surface area contributed by atoms with Crippen LogP contribution in [0.25, 0.3) is 0 Å². The minimum atomic E-state index is -0.526. The number of amides is 1. The standard InChI is InChI=1S/C12H20N2O3/c1-12(2,3)17-11(15)14(9-10-16-4)8-6-5-7-13/h5-6H,8-10H2,1-4H3/b6-5+. The Morgan fingerprint density at radius 3 is 2.59 bits per heavy atom. The molecule has 1 amide bonds. The highest BCUT2D eigenvalue weighted by molar-refractivity contribution is 5.68. The van der Waals surface area contributed by atoms with Crippen LogP contribution in [0.15, 0.2) is 12.2 Å². The molecule has 5 heteroatoms. The van der Waals surface area contributed by atoms with Crippen LogP contribution in [-0.2, 0) is 9.47 Å². The Bertz CT molecular complexity index is 300. The molecule has 0 aromatic carbocycles. The van der Waals surface area contributed by atoms with Gasteiger partial charge in [0.15, 0.2) is 0 Å². The van der Waals surface area contributed by atoms with Crippen molar-refractivity contribution in [1.29, 1.82) is 5.26 Å². The van der Waals surface area contributed by atoms with Gasteiger partial charge in [0.1, 0.15) is 5.60 Å². The van der Waals surface area contributed by atoms with Crippen LogP contribution >= 0.6 is 0 Å². The summed E-state index contributed by atoms with van der Waals surface area (Å²) in [5.41, 5.74) is -0.526. The van der Waals surface area contributed by atoms with E-state index in [9.17, 15) is 4.79 Å². The number of ether oxygens (including phenoxy) is 2. The molecule has 5 nitrogen and oxygen atoms in total. The summed E-state index contributed by atoms with van der Waals surface area (Å²) in [5.74, 6) is 0. The molecule has 0 spiro atoms. The molecule has 0 aromatic rings. The molecule has 0 saturated carbocycles. The molecule has 0 radical (unpaired) electrons. The second-order valence-corrected chi connectivity index (χ2v) is 4.45. The Morgan fingerprint density at radius 1 is 1.47 bits per heavy atom. The van der Waals surface area contributed by atoms with Crippen LogP contribution in [0.3, 0.4) is 0 Å². The van der Waals surface area contributed by atoms with Crippen LogP contribution < -0.4 is 0 Å². The normalized spacial score (nSPS) is 11.2. The van der Waals surface area contributed by atoms with Crippen molar-refractivity contribution in [3.63, 3.8) is 0 Å². The second kappa shape index (κ2) is 7.69. The van der Waals surface area contributed by atoms with Gasteiger partial charge in [-0.25, -0.2) is 4.79 Å². The zero-order valence-electron chi connectivity index (χ0n) is 10.9. The van der Waals surface area contributed by atoms with Gasteiger partial charge in [-0.15, -0.1) is 0 Å².